The molecule has 0 atom stereocenters. The second kappa shape index (κ2) is 6.27. The van der Waals surface area contributed by atoms with Crippen molar-refractivity contribution in [1.82, 2.24) is 5.32 Å². The Morgan fingerprint density at radius 2 is 2.10 bits per heavy atom. The number of hydrogen-bond donors (Lipinski definition) is 2. The molecule has 0 aliphatic heterocycles. The lowest BCUT2D eigenvalue weighted by Gasteiger charge is -2.29. The number of ether oxygens (including phenoxy) is 1. The summed E-state index contributed by atoms with van der Waals surface area (Å²) in [6.07, 6.45) is 3.98. The first-order chi connectivity index (χ1) is 9.64. The topological polar surface area (TPSA) is 64.3 Å². The number of benzene rings is 1. The number of carbonyl (C=O) groups is 1. The van der Waals surface area contributed by atoms with E-state index in [1.165, 1.54) is 0 Å². The van der Waals surface area contributed by atoms with E-state index < -0.39 is 5.41 Å². The van der Waals surface area contributed by atoms with E-state index in [4.69, 9.17) is 10.5 Å². The molecule has 1 aliphatic carbocycles. The van der Waals surface area contributed by atoms with Gasteiger partial charge in [-0.3, -0.25) is 4.79 Å². The van der Waals surface area contributed by atoms with E-state index >= 15 is 0 Å². The van der Waals surface area contributed by atoms with Crippen LogP contribution in [0.25, 0.3) is 0 Å². The van der Waals surface area contributed by atoms with Gasteiger partial charge in [-0.1, -0.05) is 25.0 Å². The predicted molar refractivity (Wildman–Crippen MR) is 79.9 cm³/mol. The quantitative estimate of drug-likeness (QED) is 0.863. The van der Waals surface area contributed by atoms with Crippen molar-refractivity contribution in [3.63, 3.8) is 0 Å². The SMILES string of the molecule is COc1cc(C2(C(=O)NCCN)CCCC2)ccc1C. The number of carbonyl (C=O) groups excluding carboxylic acids is 1. The molecular weight excluding hydrogens is 252 g/mol. The summed E-state index contributed by atoms with van der Waals surface area (Å²) in [7, 11) is 1.67. The van der Waals surface area contributed by atoms with Gasteiger partial charge >= 0.3 is 0 Å². The lowest BCUT2D eigenvalue weighted by molar-refractivity contribution is -0.126. The number of nitrogens with one attached hydrogen (secondary N) is 1. The Balaban J connectivity index is 2.35. The molecule has 0 heterocycles. The van der Waals surface area contributed by atoms with Crippen LogP contribution in [0.15, 0.2) is 18.2 Å². The summed E-state index contributed by atoms with van der Waals surface area (Å²) in [4.78, 5) is 12.6. The zero-order valence-electron chi connectivity index (χ0n) is 12.4. The maximum absolute atomic E-state index is 12.6. The van der Waals surface area contributed by atoms with Crippen LogP contribution >= 0.6 is 0 Å². The Bertz CT molecular complexity index is 479. The molecule has 1 aliphatic rings. The minimum absolute atomic E-state index is 0.103. The molecule has 1 fully saturated rings. The highest BCUT2D eigenvalue weighted by Gasteiger charge is 2.42. The van der Waals surface area contributed by atoms with Crippen LogP contribution < -0.4 is 15.8 Å². The molecule has 1 aromatic rings. The third-order valence-electron chi connectivity index (χ3n) is 4.28. The summed E-state index contributed by atoms with van der Waals surface area (Å²) in [5.41, 5.74) is 7.23. The predicted octanol–water partition coefficient (Wildman–Crippen LogP) is 1.89. The van der Waals surface area contributed by atoms with E-state index in [1.54, 1.807) is 7.11 Å². The average Bonchev–Trinajstić information content (AvgIpc) is 2.96. The molecule has 0 radical (unpaired) electrons. The molecule has 20 heavy (non-hydrogen) atoms. The molecule has 0 saturated heterocycles. The van der Waals surface area contributed by atoms with Crippen molar-refractivity contribution in [2.45, 2.75) is 38.0 Å². The van der Waals surface area contributed by atoms with Crippen LogP contribution in [0, 0.1) is 6.92 Å². The van der Waals surface area contributed by atoms with Crippen LogP contribution in [-0.2, 0) is 10.2 Å². The van der Waals surface area contributed by atoms with Crippen LogP contribution in [0.4, 0.5) is 0 Å². The van der Waals surface area contributed by atoms with E-state index in [-0.39, 0.29) is 5.91 Å². The minimum atomic E-state index is -0.407. The van der Waals surface area contributed by atoms with Crippen molar-refractivity contribution in [2.75, 3.05) is 20.2 Å². The molecule has 2 rings (SSSR count). The maximum atomic E-state index is 12.6. The fraction of sp³-hybridized carbons (Fsp3) is 0.562. The van der Waals surface area contributed by atoms with Crippen molar-refractivity contribution in [2.24, 2.45) is 5.73 Å². The van der Waals surface area contributed by atoms with E-state index in [0.29, 0.717) is 13.1 Å². The summed E-state index contributed by atoms with van der Waals surface area (Å²) in [5.74, 6) is 0.951. The van der Waals surface area contributed by atoms with Crippen LogP contribution in [-0.4, -0.2) is 26.1 Å². The average molecular weight is 276 g/mol. The number of aryl methyl sites for hydroxylation is 1. The maximum Gasteiger partial charge on any atom is 0.230 e. The molecule has 1 amide bonds. The number of rotatable bonds is 5. The second-order valence-corrected chi connectivity index (χ2v) is 5.52. The molecule has 0 spiro atoms. The Kier molecular flexibility index (Phi) is 4.65. The summed E-state index contributed by atoms with van der Waals surface area (Å²) in [6.45, 7) is 3.01. The van der Waals surface area contributed by atoms with Crippen LogP contribution in [0.1, 0.15) is 36.8 Å². The standard InChI is InChI=1S/C16H24N2O2/c1-12-5-6-13(11-14(12)20-2)16(7-3-4-8-16)15(19)18-10-9-17/h5-6,11H,3-4,7-10,17H2,1-2H3,(H,18,19). The minimum Gasteiger partial charge on any atom is -0.496 e. The monoisotopic (exact) mass is 276 g/mol. The first-order valence-electron chi connectivity index (χ1n) is 7.27. The fourth-order valence-corrected chi connectivity index (χ4v) is 3.10. The largest absolute Gasteiger partial charge is 0.496 e. The van der Waals surface area contributed by atoms with Crippen molar-refractivity contribution in [3.8, 4) is 5.75 Å². The van der Waals surface area contributed by atoms with E-state index in [9.17, 15) is 4.79 Å². The first-order valence-corrected chi connectivity index (χ1v) is 7.27. The van der Waals surface area contributed by atoms with Gasteiger partial charge in [0.25, 0.3) is 0 Å². The van der Waals surface area contributed by atoms with Gasteiger partial charge < -0.3 is 15.8 Å². The Morgan fingerprint density at radius 3 is 2.70 bits per heavy atom. The molecule has 0 aromatic heterocycles. The highest BCUT2D eigenvalue weighted by Crippen LogP contribution is 2.42. The van der Waals surface area contributed by atoms with E-state index in [1.807, 2.05) is 19.1 Å². The molecule has 3 N–H and O–H groups in total. The summed E-state index contributed by atoms with van der Waals surface area (Å²) in [5, 5.41) is 2.96. The fourth-order valence-electron chi connectivity index (χ4n) is 3.10. The summed E-state index contributed by atoms with van der Waals surface area (Å²) >= 11 is 0. The molecule has 4 heteroatoms. The molecular formula is C16H24N2O2. The highest BCUT2D eigenvalue weighted by atomic mass is 16.5. The second-order valence-electron chi connectivity index (χ2n) is 5.52. The third-order valence-corrected chi connectivity index (χ3v) is 4.28. The van der Waals surface area contributed by atoms with Gasteiger partial charge in [0.1, 0.15) is 5.75 Å². The van der Waals surface area contributed by atoms with E-state index in [0.717, 1.165) is 42.6 Å². The van der Waals surface area contributed by atoms with Gasteiger partial charge in [0.15, 0.2) is 0 Å². The Labute approximate surface area is 120 Å². The van der Waals surface area contributed by atoms with Gasteiger partial charge in [0.2, 0.25) is 5.91 Å². The number of hydrogen-bond acceptors (Lipinski definition) is 3. The summed E-state index contributed by atoms with van der Waals surface area (Å²) in [6, 6.07) is 6.11. The lowest BCUT2D eigenvalue weighted by Crippen LogP contribution is -2.44. The van der Waals surface area contributed by atoms with Crippen LogP contribution in [0.5, 0.6) is 5.75 Å². The number of nitrogens with two attached hydrogens (primary N) is 1. The highest BCUT2D eigenvalue weighted by molar-refractivity contribution is 5.88. The number of amides is 1. The normalized spacial score (nSPS) is 16.9. The van der Waals surface area contributed by atoms with Crippen LogP contribution in [0.3, 0.4) is 0 Å². The third kappa shape index (κ3) is 2.66. The van der Waals surface area contributed by atoms with Crippen molar-refractivity contribution in [3.05, 3.63) is 29.3 Å². The Hall–Kier alpha value is -1.55. The van der Waals surface area contributed by atoms with Gasteiger partial charge in [-0.05, 0) is 37.0 Å². The zero-order valence-corrected chi connectivity index (χ0v) is 12.4. The molecule has 1 saturated carbocycles. The lowest BCUT2D eigenvalue weighted by atomic mass is 9.77. The molecule has 1 aromatic carbocycles. The van der Waals surface area contributed by atoms with Crippen LogP contribution in [0.2, 0.25) is 0 Å². The number of methoxy groups -OCH3 is 1. The van der Waals surface area contributed by atoms with Gasteiger partial charge in [-0.2, -0.15) is 0 Å². The zero-order chi connectivity index (χ0) is 14.6. The Morgan fingerprint density at radius 1 is 1.40 bits per heavy atom. The van der Waals surface area contributed by atoms with Gasteiger partial charge in [0, 0.05) is 13.1 Å². The molecule has 0 unspecified atom stereocenters. The van der Waals surface area contributed by atoms with Crippen molar-refractivity contribution in [1.29, 1.82) is 0 Å². The molecule has 0 bridgehead atoms. The van der Waals surface area contributed by atoms with Crippen molar-refractivity contribution >= 4 is 5.91 Å². The molecule has 4 nitrogen and oxygen atoms in total. The van der Waals surface area contributed by atoms with Gasteiger partial charge in [0.05, 0.1) is 12.5 Å². The smallest absolute Gasteiger partial charge is 0.230 e. The van der Waals surface area contributed by atoms with Gasteiger partial charge in [-0.25, -0.2) is 0 Å². The molecule has 110 valence electrons. The van der Waals surface area contributed by atoms with Crippen molar-refractivity contribution < 1.29 is 9.53 Å². The van der Waals surface area contributed by atoms with Gasteiger partial charge in [-0.15, -0.1) is 0 Å². The first kappa shape index (κ1) is 14.9. The van der Waals surface area contributed by atoms with E-state index in [2.05, 4.69) is 11.4 Å². The summed E-state index contributed by atoms with van der Waals surface area (Å²) < 4.78 is 5.40.